The number of rotatable bonds is 4. The molecule has 7 nitrogen and oxygen atoms in total. The molecule has 2 unspecified atom stereocenters. The third-order valence-corrected chi connectivity index (χ3v) is 5.78. The van der Waals surface area contributed by atoms with E-state index in [0.29, 0.717) is 5.92 Å². The number of alkyl halides is 3. The summed E-state index contributed by atoms with van der Waals surface area (Å²) < 4.78 is 44.8. The molecule has 0 aliphatic carbocycles. The average molecular weight is 410 g/mol. The van der Waals surface area contributed by atoms with Crippen molar-refractivity contribution in [2.75, 3.05) is 26.8 Å². The van der Waals surface area contributed by atoms with Gasteiger partial charge in [0.2, 0.25) is 0 Å². The van der Waals surface area contributed by atoms with Gasteiger partial charge in [0.1, 0.15) is 18.2 Å². The SMILES string of the molecule is CC1=CC2=C(C(c3cc(C(F)(F)F)ncn3)NN2)C(NCC2CCOCC2)N1C. The number of nitrogens with one attached hydrogen (secondary N) is 3. The number of likely N-dealkylation sites (N-methyl/N-ethyl adjacent to an activating group) is 1. The smallest absolute Gasteiger partial charge is 0.381 e. The van der Waals surface area contributed by atoms with Gasteiger partial charge in [0.25, 0.3) is 0 Å². The Balaban J connectivity index is 1.60. The lowest BCUT2D eigenvalue weighted by molar-refractivity contribution is -0.141. The van der Waals surface area contributed by atoms with Gasteiger partial charge >= 0.3 is 6.18 Å². The molecule has 0 radical (unpaired) electrons. The number of hydrazine groups is 1. The van der Waals surface area contributed by atoms with E-state index in [2.05, 4.69) is 31.0 Å². The summed E-state index contributed by atoms with van der Waals surface area (Å²) in [4.78, 5) is 9.61. The van der Waals surface area contributed by atoms with Gasteiger partial charge in [0, 0.05) is 38.1 Å². The van der Waals surface area contributed by atoms with Gasteiger partial charge in [0.05, 0.1) is 17.4 Å². The number of ether oxygens (including phenoxy) is 1. The van der Waals surface area contributed by atoms with Gasteiger partial charge in [-0.1, -0.05) is 0 Å². The largest absolute Gasteiger partial charge is 0.433 e. The van der Waals surface area contributed by atoms with Crippen LogP contribution >= 0.6 is 0 Å². The average Bonchev–Trinajstić information content (AvgIpc) is 3.12. The molecule has 29 heavy (non-hydrogen) atoms. The predicted octanol–water partition coefficient (Wildman–Crippen LogP) is 2.09. The maximum Gasteiger partial charge on any atom is 0.433 e. The van der Waals surface area contributed by atoms with Crippen LogP contribution in [0, 0.1) is 5.92 Å². The second kappa shape index (κ2) is 7.92. The molecule has 1 fully saturated rings. The molecular weight excluding hydrogens is 385 g/mol. The van der Waals surface area contributed by atoms with Gasteiger partial charge in [-0.25, -0.2) is 15.4 Å². The lowest BCUT2D eigenvalue weighted by Gasteiger charge is -2.38. The fourth-order valence-corrected chi connectivity index (χ4v) is 4.00. The molecule has 3 N–H and O–H groups in total. The Morgan fingerprint density at radius 3 is 2.76 bits per heavy atom. The second-order valence-electron chi connectivity index (χ2n) is 7.66. The van der Waals surface area contributed by atoms with E-state index in [1.807, 2.05) is 20.0 Å². The molecule has 1 saturated heterocycles. The standard InChI is InChI=1S/C19H25F3N6O/c1-11-7-13-16(18(28(11)2)23-9-12-3-5-29-6-4-12)17(27-26-13)14-8-15(19(20,21)22)25-10-24-14/h7-8,10,12,17-18,23,26-27H,3-6,9H2,1-2H3. The summed E-state index contributed by atoms with van der Waals surface area (Å²) in [5.41, 5.74) is 8.39. The van der Waals surface area contributed by atoms with Crippen molar-refractivity contribution in [3.05, 3.63) is 46.8 Å². The fraction of sp³-hybridized carbons (Fsp3) is 0.579. The van der Waals surface area contributed by atoms with Gasteiger partial charge in [0.15, 0.2) is 0 Å². The predicted molar refractivity (Wildman–Crippen MR) is 99.9 cm³/mol. The van der Waals surface area contributed by atoms with Crippen LogP contribution in [-0.2, 0) is 10.9 Å². The van der Waals surface area contributed by atoms with Gasteiger partial charge in [-0.2, -0.15) is 13.2 Å². The molecule has 0 spiro atoms. The molecule has 2 atom stereocenters. The van der Waals surface area contributed by atoms with Crippen LogP contribution in [0.2, 0.25) is 0 Å². The summed E-state index contributed by atoms with van der Waals surface area (Å²) in [5, 5.41) is 3.61. The third kappa shape index (κ3) is 4.10. The minimum absolute atomic E-state index is 0.158. The first-order valence-electron chi connectivity index (χ1n) is 9.71. The fourth-order valence-electron chi connectivity index (χ4n) is 4.00. The molecule has 3 aliphatic rings. The van der Waals surface area contributed by atoms with E-state index < -0.39 is 17.9 Å². The minimum atomic E-state index is -4.51. The lowest BCUT2D eigenvalue weighted by Crippen LogP contribution is -2.49. The second-order valence-corrected chi connectivity index (χ2v) is 7.66. The van der Waals surface area contributed by atoms with Crippen molar-refractivity contribution in [3.8, 4) is 0 Å². The number of nitrogens with zero attached hydrogens (tertiary/aromatic N) is 3. The van der Waals surface area contributed by atoms with Crippen LogP contribution in [0.4, 0.5) is 13.2 Å². The molecule has 158 valence electrons. The third-order valence-electron chi connectivity index (χ3n) is 5.78. The maximum atomic E-state index is 13.1. The quantitative estimate of drug-likeness (QED) is 0.702. The Morgan fingerprint density at radius 1 is 1.28 bits per heavy atom. The molecular formula is C19H25F3N6O. The van der Waals surface area contributed by atoms with Crippen molar-refractivity contribution in [2.24, 2.45) is 5.92 Å². The Labute approximate surface area is 167 Å². The van der Waals surface area contributed by atoms with E-state index in [0.717, 1.165) is 62.0 Å². The topological polar surface area (TPSA) is 74.3 Å². The highest BCUT2D eigenvalue weighted by atomic mass is 19.4. The maximum absolute atomic E-state index is 13.1. The molecule has 4 heterocycles. The Kier molecular flexibility index (Phi) is 5.50. The summed E-state index contributed by atoms with van der Waals surface area (Å²) in [6, 6.07) is 0.517. The van der Waals surface area contributed by atoms with Crippen molar-refractivity contribution in [2.45, 2.75) is 38.1 Å². The zero-order valence-corrected chi connectivity index (χ0v) is 16.4. The molecule has 3 aliphatic heterocycles. The Morgan fingerprint density at radius 2 is 2.03 bits per heavy atom. The van der Waals surface area contributed by atoms with Crippen LogP contribution in [0.1, 0.15) is 37.2 Å². The van der Waals surface area contributed by atoms with Crippen LogP contribution in [-0.4, -0.2) is 47.8 Å². The highest BCUT2D eigenvalue weighted by Crippen LogP contribution is 2.36. The number of allylic oxidation sites excluding steroid dienone is 2. The van der Waals surface area contributed by atoms with Crippen LogP contribution in [0.25, 0.3) is 0 Å². The zero-order chi connectivity index (χ0) is 20.6. The number of hydrogen-bond donors (Lipinski definition) is 3. The number of halogens is 3. The van der Waals surface area contributed by atoms with E-state index in [9.17, 15) is 13.2 Å². The molecule has 10 heteroatoms. The first-order chi connectivity index (χ1) is 13.8. The highest BCUT2D eigenvalue weighted by Gasteiger charge is 2.39. The van der Waals surface area contributed by atoms with Crippen LogP contribution < -0.4 is 16.2 Å². The normalized spacial score (nSPS) is 25.7. The Bertz CT molecular complexity index is 818. The summed E-state index contributed by atoms with van der Waals surface area (Å²) in [6.07, 6.45) is 0.295. The number of hydrogen-bond acceptors (Lipinski definition) is 7. The van der Waals surface area contributed by atoms with Gasteiger partial charge in [-0.15, -0.1) is 0 Å². The van der Waals surface area contributed by atoms with Crippen LogP contribution in [0.5, 0.6) is 0 Å². The van der Waals surface area contributed by atoms with Gasteiger partial charge in [-0.05, 0) is 37.8 Å². The van der Waals surface area contributed by atoms with Crippen molar-refractivity contribution in [1.82, 2.24) is 31.0 Å². The first kappa shape index (κ1) is 20.1. The summed E-state index contributed by atoms with van der Waals surface area (Å²) in [5.74, 6) is 0.518. The van der Waals surface area contributed by atoms with Crippen LogP contribution in [0.3, 0.4) is 0 Å². The summed E-state index contributed by atoms with van der Waals surface area (Å²) in [7, 11) is 1.98. The van der Waals surface area contributed by atoms with Crippen molar-refractivity contribution < 1.29 is 17.9 Å². The molecule has 0 aromatic carbocycles. The summed E-state index contributed by atoms with van der Waals surface area (Å²) >= 11 is 0. The molecule has 0 amide bonds. The molecule has 4 rings (SSSR count). The monoisotopic (exact) mass is 410 g/mol. The summed E-state index contributed by atoms with van der Waals surface area (Å²) in [6.45, 7) is 4.36. The van der Waals surface area contributed by atoms with E-state index in [-0.39, 0.29) is 11.9 Å². The lowest BCUT2D eigenvalue weighted by atomic mass is 9.94. The van der Waals surface area contributed by atoms with E-state index in [1.165, 1.54) is 0 Å². The van der Waals surface area contributed by atoms with Crippen molar-refractivity contribution in [1.29, 1.82) is 0 Å². The first-order valence-corrected chi connectivity index (χ1v) is 9.71. The molecule has 1 aromatic heterocycles. The van der Waals surface area contributed by atoms with E-state index in [1.54, 1.807) is 0 Å². The zero-order valence-electron chi connectivity index (χ0n) is 16.4. The Hall–Kier alpha value is -2.17. The highest BCUT2D eigenvalue weighted by molar-refractivity contribution is 5.43. The van der Waals surface area contributed by atoms with Gasteiger partial charge in [-0.3, -0.25) is 5.32 Å². The molecule has 0 bridgehead atoms. The molecule has 1 aromatic rings. The van der Waals surface area contributed by atoms with E-state index >= 15 is 0 Å². The van der Waals surface area contributed by atoms with Gasteiger partial charge < -0.3 is 15.1 Å². The van der Waals surface area contributed by atoms with E-state index in [4.69, 9.17) is 4.74 Å². The minimum Gasteiger partial charge on any atom is -0.381 e. The van der Waals surface area contributed by atoms with Crippen LogP contribution in [0.15, 0.2) is 35.4 Å². The molecule has 0 saturated carbocycles. The van der Waals surface area contributed by atoms with Crippen molar-refractivity contribution in [3.63, 3.8) is 0 Å². The van der Waals surface area contributed by atoms with Crippen molar-refractivity contribution >= 4 is 0 Å². The number of aromatic nitrogens is 2.